The van der Waals surface area contributed by atoms with E-state index in [-0.39, 0.29) is 0 Å². The zero-order valence-corrected chi connectivity index (χ0v) is 12.4. The van der Waals surface area contributed by atoms with Crippen molar-refractivity contribution in [2.45, 2.75) is 20.0 Å². The van der Waals surface area contributed by atoms with Crippen LogP contribution in [0, 0.1) is 6.92 Å². The van der Waals surface area contributed by atoms with E-state index in [2.05, 4.69) is 17.3 Å². The van der Waals surface area contributed by atoms with Crippen LogP contribution in [0.5, 0.6) is 11.5 Å². The average Bonchev–Trinajstić information content (AvgIpc) is 2.79. The Bertz CT molecular complexity index is 578. The van der Waals surface area contributed by atoms with Crippen molar-refractivity contribution in [3.05, 3.63) is 41.2 Å². The van der Waals surface area contributed by atoms with Crippen LogP contribution in [0.4, 0.5) is 0 Å². The lowest BCUT2D eigenvalue weighted by atomic mass is 10.2. The van der Waals surface area contributed by atoms with Crippen molar-refractivity contribution in [2.24, 2.45) is 7.05 Å². The molecule has 5 heteroatoms. The highest BCUT2D eigenvalue weighted by Crippen LogP contribution is 2.24. The summed E-state index contributed by atoms with van der Waals surface area (Å²) in [5, 5.41) is 7.64. The van der Waals surface area contributed by atoms with Crippen molar-refractivity contribution < 1.29 is 9.47 Å². The highest BCUT2D eigenvalue weighted by molar-refractivity contribution is 5.40. The van der Waals surface area contributed by atoms with Crippen LogP contribution in [-0.2, 0) is 20.1 Å². The van der Waals surface area contributed by atoms with E-state index in [1.165, 1.54) is 11.3 Å². The van der Waals surface area contributed by atoms with Crippen molar-refractivity contribution >= 4 is 0 Å². The summed E-state index contributed by atoms with van der Waals surface area (Å²) in [4.78, 5) is 0. The summed E-state index contributed by atoms with van der Waals surface area (Å²) < 4.78 is 12.5. The summed E-state index contributed by atoms with van der Waals surface area (Å²) in [5.41, 5.74) is 3.49. The van der Waals surface area contributed by atoms with Crippen LogP contribution in [0.2, 0.25) is 0 Å². The number of benzene rings is 1. The molecule has 0 fully saturated rings. The van der Waals surface area contributed by atoms with Crippen LogP contribution in [0.3, 0.4) is 0 Å². The van der Waals surface area contributed by atoms with Gasteiger partial charge in [-0.1, -0.05) is 6.07 Å². The minimum Gasteiger partial charge on any atom is -0.497 e. The maximum Gasteiger partial charge on any atom is 0.127 e. The monoisotopic (exact) mass is 275 g/mol. The number of methoxy groups -OCH3 is 2. The molecule has 5 nitrogen and oxygen atoms in total. The van der Waals surface area contributed by atoms with Crippen LogP contribution in [0.25, 0.3) is 0 Å². The number of hydrogen-bond acceptors (Lipinski definition) is 4. The molecule has 0 unspecified atom stereocenters. The first-order chi connectivity index (χ1) is 9.65. The van der Waals surface area contributed by atoms with Gasteiger partial charge in [0.25, 0.3) is 0 Å². The zero-order valence-electron chi connectivity index (χ0n) is 12.4. The molecule has 0 saturated heterocycles. The summed E-state index contributed by atoms with van der Waals surface area (Å²) in [6.45, 7) is 3.59. The Kier molecular flexibility index (Phi) is 4.63. The number of nitrogens with zero attached hydrogens (tertiary/aromatic N) is 2. The van der Waals surface area contributed by atoms with Crippen LogP contribution in [0.1, 0.15) is 16.8 Å². The molecule has 108 valence electrons. The van der Waals surface area contributed by atoms with Gasteiger partial charge >= 0.3 is 0 Å². The molecule has 0 amide bonds. The predicted octanol–water partition coefficient (Wildman–Crippen LogP) is 2.04. The highest BCUT2D eigenvalue weighted by Gasteiger charge is 2.06. The van der Waals surface area contributed by atoms with Gasteiger partial charge in [-0.3, -0.25) is 4.68 Å². The number of rotatable bonds is 6. The second-order valence-electron chi connectivity index (χ2n) is 4.66. The van der Waals surface area contributed by atoms with Gasteiger partial charge in [0.05, 0.1) is 20.4 Å². The van der Waals surface area contributed by atoms with E-state index in [1.807, 2.05) is 36.1 Å². The maximum absolute atomic E-state index is 5.38. The zero-order chi connectivity index (χ0) is 14.5. The number of nitrogens with one attached hydrogen (secondary N) is 1. The molecule has 20 heavy (non-hydrogen) atoms. The fourth-order valence-electron chi connectivity index (χ4n) is 2.05. The first-order valence-corrected chi connectivity index (χ1v) is 6.54. The number of ether oxygens (including phenoxy) is 2. The molecular weight excluding hydrogens is 254 g/mol. The Morgan fingerprint density at radius 2 is 1.90 bits per heavy atom. The molecule has 0 aliphatic heterocycles. The van der Waals surface area contributed by atoms with Crippen LogP contribution >= 0.6 is 0 Å². The summed E-state index contributed by atoms with van der Waals surface area (Å²) in [5.74, 6) is 1.63. The van der Waals surface area contributed by atoms with Crippen LogP contribution in [-0.4, -0.2) is 24.0 Å². The third-order valence-corrected chi connectivity index (χ3v) is 3.46. The normalized spacial score (nSPS) is 10.6. The lowest BCUT2D eigenvalue weighted by Gasteiger charge is -2.11. The number of aromatic nitrogens is 2. The van der Waals surface area contributed by atoms with E-state index < -0.39 is 0 Å². The Morgan fingerprint density at radius 1 is 1.15 bits per heavy atom. The van der Waals surface area contributed by atoms with Gasteiger partial charge in [-0.15, -0.1) is 0 Å². The van der Waals surface area contributed by atoms with Gasteiger partial charge in [-0.2, -0.15) is 5.10 Å². The molecule has 2 rings (SSSR count). The molecule has 0 radical (unpaired) electrons. The van der Waals surface area contributed by atoms with Crippen molar-refractivity contribution in [3.8, 4) is 11.5 Å². The van der Waals surface area contributed by atoms with Crippen LogP contribution < -0.4 is 14.8 Å². The lowest BCUT2D eigenvalue weighted by molar-refractivity contribution is 0.390. The second kappa shape index (κ2) is 6.43. The van der Waals surface area contributed by atoms with E-state index >= 15 is 0 Å². The molecular formula is C15H21N3O2. The Labute approximate surface area is 119 Å². The Morgan fingerprint density at radius 3 is 2.50 bits per heavy atom. The molecule has 0 atom stereocenters. The minimum absolute atomic E-state index is 0.738. The molecule has 1 aromatic carbocycles. The number of aryl methyl sites for hydroxylation is 1. The first-order valence-electron chi connectivity index (χ1n) is 6.54. The third kappa shape index (κ3) is 3.11. The molecule has 1 heterocycles. The van der Waals surface area contributed by atoms with Crippen LogP contribution in [0.15, 0.2) is 24.4 Å². The van der Waals surface area contributed by atoms with Gasteiger partial charge in [0.2, 0.25) is 0 Å². The molecule has 1 aromatic heterocycles. The van der Waals surface area contributed by atoms with E-state index in [1.54, 1.807) is 14.2 Å². The lowest BCUT2D eigenvalue weighted by Crippen LogP contribution is -2.14. The fraction of sp³-hybridized carbons (Fsp3) is 0.400. The Balaban J connectivity index is 1.99. The summed E-state index contributed by atoms with van der Waals surface area (Å²) in [7, 11) is 5.27. The largest absolute Gasteiger partial charge is 0.497 e. The molecule has 0 saturated carbocycles. The van der Waals surface area contributed by atoms with Gasteiger partial charge in [-0.05, 0) is 13.0 Å². The van der Waals surface area contributed by atoms with Crippen molar-refractivity contribution in [1.82, 2.24) is 15.1 Å². The van der Waals surface area contributed by atoms with Gasteiger partial charge in [0, 0.05) is 43.0 Å². The third-order valence-electron chi connectivity index (χ3n) is 3.46. The van der Waals surface area contributed by atoms with Crippen molar-refractivity contribution in [3.63, 3.8) is 0 Å². The van der Waals surface area contributed by atoms with Crippen molar-refractivity contribution in [1.29, 1.82) is 0 Å². The molecule has 1 N–H and O–H groups in total. The topological polar surface area (TPSA) is 48.3 Å². The summed E-state index contributed by atoms with van der Waals surface area (Å²) in [6, 6.07) is 5.85. The number of hydrogen-bond donors (Lipinski definition) is 1. The summed E-state index contributed by atoms with van der Waals surface area (Å²) >= 11 is 0. The minimum atomic E-state index is 0.738. The van der Waals surface area contributed by atoms with Gasteiger partial charge < -0.3 is 14.8 Å². The molecule has 0 spiro atoms. The first kappa shape index (κ1) is 14.4. The highest BCUT2D eigenvalue weighted by atomic mass is 16.5. The van der Waals surface area contributed by atoms with E-state index in [9.17, 15) is 0 Å². The quantitative estimate of drug-likeness (QED) is 0.876. The van der Waals surface area contributed by atoms with E-state index in [0.29, 0.717) is 0 Å². The molecule has 0 bridgehead atoms. The summed E-state index contributed by atoms with van der Waals surface area (Å²) in [6.07, 6.45) is 1.90. The van der Waals surface area contributed by atoms with E-state index in [0.717, 1.165) is 30.2 Å². The molecule has 2 aromatic rings. The average molecular weight is 275 g/mol. The Hall–Kier alpha value is -2.01. The van der Waals surface area contributed by atoms with Gasteiger partial charge in [0.15, 0.2) is 0 Å². The van der Waals surface area contributed by atoms with E-state index in [4.69, 9.17) is 9.47 Å². The second-order valence-corrected chi connectivity index (χ2v) is 4.66. The smallest absolute Gasteiger partial charge is 0.127 e. The van der Waals surface area contributed by atoms with Crippen molar-refractivity contribution in [2.75, 3.05) is 14.2 Å². The fourth-order valence-corrected chi connectivity index (χ4v) is 2.05. The molecule has 0 aliphatic rings. The maximum atomic E-state index is 5.38. The molecule has 0 aliphatic carbocycles. The SMILES string of the molecule is COc1ccc(CNCc2cnn(C)c2C)c(OC)c1. The van der Waals surface area contributed by atoms with Gasteiger partial charge in [0.1, 0.15) is 11.5 Å². The predicted molar refractivity (Wildman–Crippen MR) is 78.0 cm³/mol. The standard InChI is InChI=1S/C15H21N3O2/c1-11-13(10-17-18(11)2)9-16-8-12-5-6-14(19-3)7-15(12)20-4/h5-7,10,16H,8-9H2,1-4H3. The van der Waals surface area contributed by atoms with Gasteiger partial charge in [-0.25, -0.2) is 0 Å².